The van der Waals surface area contributed by atoms with Crippen LogP contribution in [-0.2, 0) is 13.1 Å². The van der Waals surface area contributed by atoms with Crippen LogP contribution in [0.4, 0.5) is 5.69 Å². The minimum Gasteiger partial charge on any atom is -0.343 e. The molecule has 0 saturated heterocycles. The SMILES string of the molecule is CCCn1cc(NC(=O)c2cc(Br)cn2CC)ccc1=O. The number of nitrogens with zero attached hydrogens (tertiary/aromatic N) is 2. The number of hydrogen-bond acceptors (Lipinski definition) is 2. The quantitative estimate of drug-likeness (QED) is 0.899. The Morgan fingerprint density at radius 1 is 1.24 bits per heavy atom. The molecule has 0 aliphatic carbocycles. The zero-order valence-corrected chi connectivity index (χ0v) is 13.7. The topological polar surface area (TPSA) is 56.0 Å². The fourth-order valence-electron chi connectivity index (χ4n) is 2.14. The second-order valence-corrected chi connectivity index (χ2v) is 5.65. The highest BCUT2D eigenvalue weighted by atomic mass is 79.9. The van der Waals surface area contributed by atoms with Crippen LogP contribution < -0.4 is 10.9 Å². The number of carbonyl (C=O) groups excluding carboxylic acids is 1. The van der Waals surface area contributed by atoms with Crippen LogP contribution in [0, 0.1) is 0 Å². The maximum atomic E-state index is 12.3. The summed E-state index contributed by atoms with van der Waals surface area (Å²) < 4.78 is 4.33. The van der Waals surface area contributed by atoms with Gasteiger partial charge in [0.05, 0.1) is 5.69 Å². The van der Waals surface area contributed by atoms with Crippen molar-refractivity contribution in [2.45, 2.75) is 33.4 Å². The van der Waals surface area contributed by atoms with Crippen LogP contribution in [0.5, 0.6) is 0 Å². The summed E-state index contributed by atoms with van der Waals surface area (Å²) in [6.45, 7) is 5.33. The highest BCUT2D eigenvalue weighted by Crippen LogP contribution is 2.16. The Balaban J connectivity index is 2.23. The number of aromatic nitrogens is 2. The molecule has 0 unspecified atom stereocenters. The summed E-state index contributed by atoms with van der Waals surface area (Å²) in [6, 6.07) is 4.88. The summed E-state index contributed by atoms with van der Waals surface area (Å²) in [4.78, 5) is 24.0. The molecule has 2 rings (SSSR count). The Bertz CT molecular complexity index is 703. The van der Waals surface area contributed by atoms with E-state index in [1.165, 1.54) is 6.07 Å². The van der Waals surface area contributed by atoms with Gasteiger partial charge in [-0.15, -0.1) is 0 Å². The summed E-state index contributed by atoms with van der Waals surface area (Å²) >= 11 is 3.37. The molecule has 1 amide bonds. The van der Waals surface area contributed by atoms with Gasteiger partial charge in [0.15, 0.2) is 0 Å². The molecule has 6 heteroatoms. The second-order valence-electron chi connectivity index (χ2n) is 4.73. The zero-order chi connectivity index (χ0) is 15.4. The van der Waals surface area contributed by atoms with Gasteiger partial charge in [-0.2, -0.15) is 0 Å². The molecular weight excluding hydrogens is 334 g/mol. The highest BCUT2D eigenvalue weighted by molar-refractivity contribution is 9.10. The van der Waals surface area contributed by atoms with E-state index >= 15 is 0 Å². The number of hydrogen-bond donors (Lipinski definition) is 1. The van der Waals surface area contributed by atoms with E-state index < -0.39 is 0 Å². The third-order valence-electron chi connectivity index (χ3n) is 3.14. The number of carbonyl (C=O) groups is 1. The third kappa shape index (κ3) is 3.64. The number of halogens is 1. The predicted molar refractivity (Wildman–Crippen MR) is 86.8 cm³/mol. The standard InChI is InChI=1S/C15H18BrN3O2/c1-3-7-19-10-12(5-6-14(19)20)17-15(21)13-8-11(16)9-18(13)4-2/h5-6,8-10H,3-4,7H2,1-2H3,(H,17,21). The van der Waals surface area contributed by atoms with Gasteiger partial charge in [0.25, 0.3) is 11.5 Å². The molecule has 1 N–H and O–H groups in total. The van der Waals surface area contributed by atoms with Crippen LogP contribution in [0.3, 0.4) is 0 Å². The fraction of sp³-hybridized carbons (Fsp3) is 0.333. The van der Waals surface area contributed by atoms with E-state index in [2.05, 4.69) is 21.2 Å². The second kappa shape index (κ2) is 6.76. The molecule has 0 saturated carbocycles. The van der Waals surface area contributed by atoms with Crippen molar-refractivity contribution in [3.63, 3.8) is 0 Å². The molecule has 21 heavy (non-hydrogen) atoms. The van der Waals surface area contributed by atoms with E-state index in [0.29, 0.717) is 24.5 Å². The normalized spacial score (nSPS) is 10.6. The van der Waals surface area contributed by atoms with Crippen molar-refractivity contribution < 1.29 is 4.79 Å². The number of aryl methyl sites for hydroxylation is 2. The van der Waals surface area contributed by atoms with Crippen LogP contribution in [-0.4, -0.2) is 15.0 Å². The number of pyridine rings is 1. The van der Waals surface area contributed by atoms with Crippen molar-refractivity contribution >= 4 is 27.5 Å². The number of anilines is 1. The lowest BCUT2D eigenvalue weighted by atomic mass is 10.3. The molecule has 112 valence electrons. The lowest BCUT2D eigenvalue weighted by Gasteiger charge is -2.10. The summed E-state index contributed by atoms with van der Waals surface area (Å²) in [5.41, 5.74) is 1.14. The Morgan fingerprint density at radius 3 is 2.67 bits per heavy atom. The number of nitrogens with one attached hydrogen (secondary N) is 1. The molecule has 0 fully saturated rings. The molecule has 0 spiro atoms. The first kappa shape index (κ1) is 15.6. The monoisotopic (exact) mass is 351 g/mol. The summed E-state index contributed by atoms with van der Waals surface area (Å²) in [6.07, 6.45) is 4.41. The lowest BCUT2D eigenvalue weighted by molar-refractivity contribution is 0.101. The average Bonchev–Trinajstić information content (AvgIpc) is 2.84. The third-order valence-corrected chi connectivity index (χ3v) is 3.58. The van der Waals surface area contributed by atoms with Crippen LogP contribution in [0.25, 0.3) is 0 Å². The van der Waals surface area contributed by atoms with Gasteiger partial charge in [0.2, 0.25) is 0 Å². The van der Waals surface area contributed by atoms with Gasteiger partial charge in [0, 0.05) is 36.0 Å². The summed E-state index contributed by atoms with van der Waals surface area (Å²) in [5.74, 6) is -0.191. The number of amides is 1. The Labute approximate surface area is 131 Å². The average molecular weight is 352 g/mol. The summed E-state index contributed by atoms with van der Waals surface area (Å²) in [5, 5.41) is 2.83. The van der Waals surface area contributed by atoms with Crippen molar-refractivity contribution in [2.75, 3.05) is 5.32 Å². The molecule has 2 aromatic heterocycles. The molecule has 0 radical (unpaired) electrons. The minimum atomic E-state index is -0.191. The predicted octanol–water partition coefficient (Wildman–Crippen LogP) is 3.09. The van der Waals surface area contributed by atoms with Crippen LogP contribution >= 0.6 is 15.9 Å². The van der Waals surface area contributed by atoms with Crippen molar-refractivity contribution in [1.29, 1.82) is 0 Å². The van der Waals surface area contributed by atoms with Crippen molar-refractivity contribution in [2.24, 2.45) is 0 Å². The van der Waals surface area contributed by atoms with Gasteiger partial charge in [-0.3, -0.25) is 9.59 Å². The van der Waals surface area contributed by atoms with E-state index in [4.69, 9.17) is 0 Å². The van der Waals surface area contributed by atoms with E-state index in [-0.39, 0.29) is 11.5 Å². The number of rotatable bonds is 5. The molecular formula is C15H18BrN3O2. The largest absolute Gasteiger partial charge is 0.343 e. The molecule has 0 atom stereocenters. The minimum absolute atomic E-state index is 0.0606. The van der Waals surface area contributed by atoms with Crippen LogP contribution in [0.1, 0.15) is 30.8 Å². The van der Waals surface area contributed by atoms with Gasteiger partial charge in [-0.1, -0.05) is 6.92 Å². The molecule has 0 aliphatic heterocycles. The van der Waals surface area contributed by atoms with Crippen molar-refractivity contribution in [3.05, 3.63) is 51.1 Å². The van der Waals surface area contributed by atoms with E-state index in [0.717, 1.165) is 10.9 Å². The smallest absolute Gasteiger partial charge is 0.272 e. The molecule has 0 aliphatic rings. The highest BCUT2D eigenvalue weighted by Gasteiger charge is 2.12. The lowest BCUT2D eigenvalue weighted by Crippen LogP contribution is -2.21. The van der Waals surface area contributed by atoms with Crippen LogP contribution in [0.2, 0.25) is 0 Å². The Morgan fingerprint density at radius 2 is 2.00 bits per heavy atom. The van der Waals surface area contributed by atoms with Gasteiger partial charge < -0.3 is 14.5 Å². The van der Waals surface area contributed by atoms with Crippen molar-refractivity contribution in [1.82, 2.24) is 9.13 Å². The zero-order valence-electron chi connectivity index (χ0n) is 12.1. The Hall–Kier alpha value is -1.82. The molecule has 0 bridgehead atoms. The van der Waals surface area contributed by atoms with Gasteiger partial charge in [0.1, 0.15) is 5.69 Å². The Kier molecular flexibility index (Phi) is 5.01. The molecule has 2 aromatic rings. The van der Waals surface area contributed by atoms with E-state index in [9.17, 15) is 9.59 Å². The van der Waals surface area contributed by atoms with E-state index in [1.54, 1.807) is 22.9 Å². The van der Waals surface area contributed by atoms with Crippen molar-refractivity contribution in [3.8, 4) is 0 Å². The fourth-order valence-corrected chi connectivity index (χ4v) is 2.61. The van der Waals surface area contributed by atoms with Gasteiger partial charge in [-0.25, -0.2) is 0 Å². The van der Waals surface area contributed by atoms with E-state index in [1.807, 2.05) is 24.6 Å². The maximum Gasteiger partial charge on any atom is 0.272 e. The van der Waals surface area contributed by atoms with Gasteiger partial charge >= 0.3 is 0 Å². The van der Waals surface area contributed by atoms with Gasteiger partial charge in [-0.05, 0) is 41.4 Å². The molecule has 5 nitrogen and oxygen atoms in total. The molecule has 2 heterocycles. The van der Waals surface area contributed by atoms with Crippen LogP contribution in [0.15, 0.2) is 39.9 Å². The first-order valence-corrected chi connectivity index (χ1v) is 7.72. The maximum absolute atomic E-state index is 12.3. The first-order chi connectivity index (χ1) is 10.0. The summed E-state index contributed by atoms with van der Waals surface area (Å²) in [7, 11) is 0. The first-order valence-electron chi connectivity index (χ1n) is 6.92. The molecule has 0 aromatic carbocycles.